The molecule has 66 valence electrons. The van der Waals surface area contributed by atoms with E-state index in [4.69, 9.17) is 8.83 Å². The van der Waals surface area contributed by atoms with Crippen LogP contribution in [0.1, 0.15) is 15.9 Å². The van der Waals surface area contributed by atoms with Crippen molar-refractivity contribution >= 4 is 5.78 Å². The van der Waals surface area contributed by atoms with Gasteiger partial charge >= 0.3 is 0 Å². The van der Waals surface area contributed by atoms with Crippen LogP contribution in [0.5, 0.6) is 0 Å². The molecular formula is C10H8O3. The summed E-state index contributed by atoms with van der Waals surface area (Å²) in [6, 6.07) is 3.43. The number of hydrogen-bond acceptors (Lipinski definition) is 3. The van der Waals surface area contributed by atoms with Gasteiger partial charge in [0.2, 0.25) is 0 Å². The lowest BCUT2D eigenvalue weighted by Gasteiger charge is -1.92. The van der Waals surface area contributed by atoms with Gasteiger partial charge in [0.05, 0.1) is 24.4 Å². The Hall–Kier alpha value is -1.77. The third-order valence-corrected chi connectivity index (χ3v) is 1.79. The summed E-state index contributed by atoms with van der Waals surface area (Å²) in [5.74, 6) is 0.0372. The zero-order valence-electron chi connectivity index (χ0n) is 6.90. The summed E-state index contributed by atoms with van der Waals surface area (Å²) < 4.78 is 9.67. The normalized spacial score (nSPS) is 10.2. The van der Waals surface area contributed by atoms with Gasteiger partial charge < -0.3 is 8.83 Å². The first kappa shape index (κ1) is 7.86. The van der Waals surface area contributed by atoms with E-state index in [0.717, 1.165) is 5.56 Å². The van der Waals surface area contributed by atoms with Crippen molar-refractivity contribution in [2.24, 2.45) is 0 Å². The van der Waals surface area contributed by atoms with E-state index in [0.29, 0.717) is 12.0 Å². The quantitative estimate of drug-likeness (QED) is 0.674. The van der Waals surface area contributed by atoms with Crippen LogP contribution in [-0.2, 0) is 6.42 Å². The highest BCUT2D eigenvalue weighted by Gasteiger charge is 2.08. The first-order valence-corrected chi connectivity index (χ1v) is 3.93. The molecule has 0 saturated heterocycles. The summed E-state index contributed by atoms with van der Waals surface area (Å²) in [5, 5.41) is 0. The Kier molecular flexibility index (Phi) is 2.00. The minimum Gasteiger partial charge on any atom is -0.472 e. The molecule has 0 N–H and O–H groups in total. The second-order valence-electron chi connectivity index (χ2n) is 2.74. The Labute approximate surface area is 75.0 Å². The molecule has 2 aromatic rings. The fraction of sp³-hybridized carbons (Fsp3) is 0.100. The van der Waals surface area contributed by atoms with Crippen LogP contribution in [0.15, 0.2) is 46.0 Å². The molecule has 0 saturated carbocycles. The highest BCUT2D eigenvalue weighted by molar-refractivity contribution is 5.97. The lowest BCUT2D eigenvalue weighted by atomic mass is 10.1. The van der Waals surface area contributed by atoms with E-state index in [-0.39, 0.29) is 5.78 Å². The molecule has 0 fully saturated rings. The highest BCUT2D eigenvalue weighted by Crippen LogP contribution is 2.08. The fourth-order valence-electron chi connectivity index (χ4n) is 1.10. The zero-order valence-corrected chi connectivity index (χ0v) is 6.90. The molecule has 2 aromatic heterocycles. The number of ketones is 1. The van der Waals surface area contributed by atoms with E-state index in [9.17, 15) is 4.79 Å². The van der Waals surface area contributed by atoms with Crippen LogP contribution < -0.4 is 0 Å². The van der Waals surface area contributed by atoms with E-state index in [1.54, 1.807) is 24.7 Å². The predicted octanol–water partition coefficient (Wildman–Crippen LogP) is 2.30. The van der Waals surface area contributed by atoms with Gasteiger partial charge in [-0.25, -0.2) is 0 Å². The van der Waals surface area contributed by atoms with Gasteiger partial charge in [-0.05, 0) is 17.7 Å². The van der Waals surface area contributed by atoms with Crippen LogP contribution in [0, 0.1) is 0 Å². The molecule has 0 aromatic carbocycles. The molecule has 0 aliphatic heterocycles. The van der Waals surface area contributed by atoms with Crippen molar-refractivity contribution < 1.29 is 13.6 Å². The second-order valence-corrected chi connectivity index (χ2v) is 2.74. The van der Waals surface area contributed by atoms with E-state index in [1.165, 1.54) is 12.5 Å². The number of Topliss-reactive ketones (excluding diaryl/α,β-unsaturated/α-hetero) is 1. The number of rotatable bonds is 3. The highest BCUT2D eigenvalue weighted by atomic mass is 16.3. The van der Waals surface area contributed by atoms with Crippen LogP contribution in [0.25, 0.3) is 0 Å². The molecule has 3 nitrogen and oxygen atoms in total. The van der Waals surface area contributed by atoms with E-state index in [1.807, 2.05) is 0 Å². The summed E-state index contributed by atoms with van der Waals surface area (Å²) in [6.07, 6.45) is 6.41. The molecule has 0 bridgehead atoms. The van der Waals surface area contributed by atoms with Crippen molar-refractivity contribution in [3.8, 4) is 0 Å². The Morgan fingerprint density at radius 2 is 1.92 bits per heavy atom. The minimum atomic E-state index is 0.0372. The Bertz CT molecular complexity index is 370. The maximum absolute atomic E-state index is 11.5. The van der Waals surface area contributed by atoms with Gasteiger partial charge in [-0.15, -0.1) is 0 Å². The summed E-state index contributed by atoms with van der Waals surface area (Å²) in [4.78, 5) is 11.5. The van der Waals surface area contributed by atoms with Crippen LogP contribution in [0.3, 0.4) is 0 Å². The lowest BCUT2D eigenvalue weighted by Crippen LogP contribution is -2.00. The maximum atomic E-state index is 11.5. The van der Waals surface area contributed by atoms with Gasteiger partial charge in [0.25, 0.3) is 0 Å². The van der Waals surface area contributed by atoms with Gasteiger partial charge in [0.1, 0.15) is 6.26 Å². The second kappa shape index (κ2) is 3.31. The predicted molar refractivity (Wildman–Crippen MR) is 45.5 cm³/mol. The Morgan fingerprint density at radius 3 is 2.54 bits per heavy atom. The SMILES string of the molecule is O=C(Cc1ccoc1)c1ccoc1. The molecule has 13 heavy (non-hydrogen) atoms. The molecule has 0 spiro atoms. The minimum absolute atomic E-state index is 0.0372. The van der Waals surface area contributed by atoms with Gasteiger partial charge in [0.15, 0.2) is 5.78 Å². The Morgan fingerprint density at radius 1 is 1.15 bits per heavy atom. The maximum Gasteiger partial charge on any atom is 0.170 e. The molecule has 2 heterocycles. The van der Waals surface area contributed by atoms with Crippen LogP contribution in [0.2, 0.25) is 0 Å². The molecule has 0 aliphatic carbocycles. The van der Waals surface area contributed by atoms with Crippen molar-refractivity contribution in [1.29, 1.82) is 0 Å². The smallest absolute Gasteiger partial charge is 0.170 e. The summed E-state index contributed by atoms with van der Waals surface area (Å²) in [5.41, 5.74) is 1.48. The molecule has 3 heteroatoms. The summed E-state index contributed by atoms with van der Waals surface area (Å²) in [6.45, 7) is 0. The van der Waals surface area contributed by atoms with E-state index < -0.39 is 0 Å². The Balaban J connectivity index is 2.08. The van der Waals surface area contributed by atoms with Crippen molar-refractivity contribution in [1.82, 2.24) is 0 Å². The van der Waals surface area contributed by atoms with Crippen LogP contribution in [0.4, 0.5) is 0 Å². The van der Waals surface area contributed by atoms with Crippen molar-refractivity contribution in [3.05, 3.63) is 48.3 Å². The number of carbonyl (C=O) groups is 1. The standard InChI is InChI=1S/C10H8O3/c11-10(9-2-4-13-7-9)5-8-1-3-12-6-8/h1-4,6-7H,5H2. The van der Waals surface area contributed by atoms with Gasteiger partial charge in [-0.3, -0.25) is 4.79 Å². The average Bonchev–Trinajstić information content (AvgIpc) is 2.74. The van der Waals surface area contributed by atoms with Crippen molar-refractivity contribution in [2.75, 3.05) is 0 Å². The molecule has 0 unspecified atom stereocenters. The largest absolute Gasteiger partial charge is 0.472 e. The molecule has 0 atom stereocenters. The lowest BCUT2D eigenvalue weighted by molar-refractivity contribution is 0.0992. The van der Waals surface area contributed by atoms with E-state index in [2.05, 4.69) is 0 Å². The topological polar surface area (TPSA) is 43.4 Å². The van der Waals surface area contributed by atoms with E-state index >= 15 is 0 Å². The first-order valence-electron chi connectivity index (χ1n) is 3.93. The third-order valence-electron chi connectivity index (χ3n) is 1.79. The van der Waals surface area contributed by atoms with Gasteiger partial charge in [-0.2, -0.15) is 0 Å². The fourth-order valence-corrected chi connectivity index (χ4v) is 1.10. The zero-order chi connectivity index (χ0) is 9.10. The number of hydrogen-bond donors (Lipinski definition) is 0. The molecule has 0 amide bonds. The molecule has 2 rings (SSSR count). The van der Waals surface area contributed by atoms with Crippen LogP contribution >= 0.6 is 0 Å². The number of furan rings is 2. The number of carbonyl (C=O) groups excluding carboxylic acids is 1. The molecular weight excluding hydrogens is 168 g/mol. The van der Waals surface area contributed by atoms with Crippen molar-refractivity contribution in [3.63, 3.8) is 0 Å². The third kappa shape index (κ3) is 1.69. The van der Waals surface area contributed by atoms with Crippen molar-refractivity contribution in [2.45, 2.75) is 6.42 Å². The summed E-state index contributed by atoms with van der Waals surface area (Å²) in [7, 11) is 0. The summed E-state index contributed by atoms with van der Waals surface area (Å²) >= 11 is 0. The average molecular weight is 176 g/mol. The van der Waals surface area contributed by atoms with Gasteiger partial charge in [-0.1, -0.05) is 0 Å². The van der Waals surface area contributed by atoms with Gasteiger partial charge in [0, 0.05) is 6.42 Å². The molecule has 0 aliphatic rings. The first-order chi connectivity index (χ1) is 6.36. The monoisotopic (exact) mass is 176 g/mol. The molecule has 0 radical (unpaired) electrons. The van der Waals surface area contributed by atoms with Crippen LogP contribution in [-0.4, -0.2) is 5.78 Å².